The Morgan fingerprint density at radius 3 is 2.47 bits per heavy atom. The molecule has 0 aromatic carbocycles. The van der Waals surface area contributed by atoms with Crippen LogP contribution < -0.4 is 11.1 Å². The largest absolute Gasteiger partial charge is 0.349 e. The minimum Gasteiger partial charge on any atom is -0.349 e. The van der Waals surface area contributed by atoms with Gasteiger partial charge in [-0.15, -0.1) is 0 Å². The molecule has 0 aromatic rings. The average molecular weight is 262 g/mol. The predicted molar refractivity (Wildman–Crippen MR) is 67.3 cm³/mol. The number of hydrogen-bond acceptors (Lipinski definition) is 4. The van der Waals surface area contributed by atoms with Crippen molar-refractivity contribution in [2.45, 2.75) is 56.9 Å². The van der Waals surface area contributed by atoms with Crippen LogP contribution in [0.4, 0.5) is 0 Å². The summed E-state index contributed by atoms with van der Waals surface area (Å²) in [7, 11) is -3.27. The Balaban J connectivity index is 2.77. The Labute approximate surface area is 103 Å². The molecule has 1 amide bonds. The topological polar surface area (TPSA) is 89.3 Å². The molecule has 1 fully saturated rings. The molecule has 0 saturated carbocycles. The van der Waals surface area contributed by atoms with Gasteiger partial charge in [0.25, 0.3) is 0 Å². The molecule has 17 heavy (non-hydrogen) atoms. The summed E-state index contributed by atoms with van der Waals surface area (Å²) in [5.41, 5.74) is 5.16. The highest BCUT2D eigenvalue weighted by atomic mass is 32.2. The van der Waals surface area contributed by atoms with Gasteiger partial charge in [0.15, 0.2) is 9.84 Å². The van der Waals surface area contributed by atoms with E-state index < -0.39 is 26.5 Å². The van der Waals surface area contributed by atoms with E-state index in [0.717, 1.165) is 6.42 Å². The van der Waals surface area contributed by atoms with Gasteiger partial charge in [0.1, 0.15) is 5.25 Å². The molecule has 100 valence electrons. The van der Waals surface area contributed by atoms with Gasteiger partial charge in [0, 0.05) is 11.6 Å². The number of carbonyl (C=O) groups excluding carboxylic acids is 1. The van der Waals surface area contributed by atoms with Crippen molar-refractivity contribution in [2.75, 3.05) is 5.75 Å². The van der Waals surface area contributed by atoms with Gasteiger partial charge < -0.3 is 11.1 Å². The molecule has 2 atom stereocenters. The normalized spacial score (nSPS) is 26.2. The molecular formula is C11H22N2O3S. The summed E-state index contributed by atoms with van der Waals surface area (Å²) in [6.45, 7) is 5.38. The standard InChI is InChI=1S/C11H22N2O3S/c1-8(12)11(2,3)13-10(14)9-6-4-5-7-17(9,15)16/h8-9H,4-7,12H2,1-3H3,(H,13,14). The molecule has 0 radical (unpaired) electrons. The van der Waals surface area contributed by atoms with E-state index in [-0.39, 0.29) is 11.8 Å². The van der Waals surface area contributed by atoms with Crippen molar-refractivity contribution in [3.8, 4) is 0 Å². The van der Waals surface area contributed by atoms with Crippen LogP contribution >= 0.6 is 0 Å². The number of amides is 1. The molecule has 0 bridgehead atoms. The molecule has 6 heteroatoms. The molecule has 0 aromatic heterocycles. The Morgan fingerprint density at radius 2 is 2.00 bits per heavy atom. The van der Waals surface area contributed by atoms with Gasteiger partial charge >= 0.3 is 0 Å². The van der Waals surface area contributed by atoms with E-state index in [1.807, 2.05) is 0 Å². The first-order valence-electron chi connectivity index (χ1n) is 5.96. The second-order valence-corrected chi connectivity index (χ2v) is 7.65. The van der Waals surface area contributed by atoms with Crippen LogP contribution in [0.1, 0.15) is 40.0 Å². The van der Waals surface area contributed by atoms with Crippen molar-refractivity contribution in [1.29, 1.82) is 0 Å². The second-order valence-electron chi connectivity index (χ2n) is 5.35. The van der Waals surface area contributed by atoms with Gasteiger partial charge in [-0.05, 0) is 33.6 Å². The molecule has 2 unspecified atom stereocenters. The zero-order valence-electron chi connectivity index (χ0n) is 10.7. The van der Waals surface area contributed by atoms with Crippen LogP contribution in [0.25, 0.3) is 0 Å². The quantitative estimate of drug-likeness (QED) is 0.760. The number of rotatable bonds is 3. The van der Waals surface area contributed by atoms with Crippen LogP contribution in [-0.2, 0) is 14.6 Å². The van der Waals surface area contributed by atoms with Crippen molar-refractivity contribution in [2.24, 2.45) is 5.73 Å². The van der Waals surface area contributed by atoms with Crippen LogP contribution in [0.2, 0.25) is 0 Å². The third kappa shape index (κ3) is 3.42. The van der Waals surface area contributed by atoms with Gasteiger partial charge in [-0.25, -0.2) is 8.42 Å². The fourth-order valence-corrected chi connectivity index (χ4v) is 3.56. The highest BCUT2D eigenvalue weighted by molar-refractivity contribution is 7.92. The molecule has 1 saturated heterocycles. The third-order valence-corrected chi connectivity index (χ3v) is 5.63. The van der Waals surface area contributed by atoms with Gasteiger partial charge in [-0.2, -0.15) is 0 Å². The van der Waals surface area contributed by atoms with Crippen LogP contribution in [0.3, 0.4) is 0 Å². The van der Waals surface area contributed by atoms with Gasteiger partial charge in [-0.1, -0.05) is 6.42 Å². The van der Waals surface area contributed by atoms with E-state index in [0.29, 0.717) is 12.8 Å². The highest BCUT2D eigenvalue weighted by Crippen LogP contribution is 2.20. The van der Waals surface area contributed by atoms with Gasteiger partial charge in [-0.3, -0.25) is 4.79 Å². The molecule has 5 nitrogen and oxygen atoms in total. The first kappa shape index (κ1) is 14.4. The highest BCUT2D eigenvalue weighted by Gasteiger charge is 2.37. The number of nitrogens with two attached hydrogens (primary N) is 1. The maximum atomic E-state index is 12.0. The zero-order valence-corrected chi connectivity index (χ0v) is 11.5. The molecule has 1 aliphatic rings. The predicted octanol–water partition coefficient (Wildman–Crippen LogP) is 0.196. The molecular weight excluding hydrogens is 240 g/mol. The first-order valence-corrected chi connectivity index (χ1v) is 7.67. The van der Waals surface area contributed by atoms with Crippen molar-refractivity contribution >= 4 is 15.7 Å². The van der Waals surface area contributed by atoms with Crippen molar-refractivity contribution in [1.82, 2.24) is 5.32 Å². The van der Waals surface area contributed by atoms with Crippen molar-refractivity contribution in [3.63, 3.8) is 0 Å². The molecule has 3 N–H and O–H groups in total. The van der Waals surface area contributed by atoms with E-state index in [2.05, 4.69) is 5.32 Å². The maximum absolute atomic E-state index is 12.0. The summed E-state index contributed by atoms with van der Waals surface area (Å²) in [5, 5.41) is 1.84. The summed E-state index contributed by atoms with van der Waals surface area (Å²) in [4.78, 5) is 12.0. The van der Waals surface area contributed by atoms with E-state index in [4.69, 9.17) is 5.73 Å². The Morgan fingerprint density at radius 1 is 1.41 bits per heavy atom. The molecule has 0 aliphatic carbocycles. The van der Waals surface area contributed by atoms with E-state index in [1.165, 1.54) is 0 Å². The Kier molecular flexibility index (Phi) is 4.19. The number of sulfone groups is 1. The van der Waals surface area contributed by atoms with Gasteiger partial charge in [0.2, 0.25) is 5.91 Å². The summed E-state index contributed by atoms with van der Waals surface area (Å²) in [6.07, 6.45) is 1.86. The van der Waals surface area contributed by atoms with Crippen LogP contribution in [0.15, 0.2) is 0 Å². The lowest BCUT2D eigenvalue weighted by molar-refractivity contribution is -0.122. The minimum atomic E-state index is -3.27. The minimum absolute atomic E-state index is 0.115. The average Bonchev–Trinajstić information content (AvgIpc) is 2.15. The third-order valence-electron chi connectivity index (χ3n) is 3.45. The molecule has 1 rings (SSSR count). The summed E-state index contributed by atoms with van der Waals surface area (Å²) in [6, 6.07) is -0.238. The summed E-state index contributed by atoms with van der Waals surface area (Å²) < 4.78 is 23.6. The molecule has 1 aliphatic heterocycles. The van der Waals surface area contributed by atoms with E-state index in [9.17, 15) is 13.2 Å². The second kappa shape index (κ2) is 4.94. The summed E-state index contributed by atoms with van der Waals surface area (Å²) in [5.74, 6) is -0.295. The fourth-order valence-electron chi connectivity index (χ4n) is 1.76. The monoisotopic (exact) mass is 262 g/mol. The zero-order chi connectivity index (χ0) is 13.3. The van der Waals surface area contributed by atoms with Crippen molar-refractivity contribution in [3.05, 3.63) is 0 Å². The van der Waals surface area contributed by atoms with Crippen LogP contribution in [0, 0.1) is 0 Å². The fraction of sp³-hybridized carbons (Fsp3) is 0.909. The smallest absolute Gasteiger partial charge is 0.238 e. The van der Waals surface area contributed by atoms with Crippen LogP contribution in [0.5, 0.6) is 0 Å². The first-order chi connectivity index (χ1) is 7.67. The number of nitrogens with one attached hydrogen (secondary N) is 1. The maximum Gasteiger partial charge on any atom is 0.238 e. The molecule has 1 heterocycles. The van der Waals surface area contributed by atoms with Gasteiger partial charge in [0.05, 0.1) is 5.75 Å². The summed E-state index contributed by atoms with van der Waals surface area (Å²) >= 11 is 0. The van der Waals surface area contributed by atoms with Crippen molar-refractivity contribution < 1.29 is 13.2 Å². The lowest BCUT2D eigenvalue weighted by atomic mass is 9.96. The number of carbonyl (C=O) groups is 1. The molecule has 0 spiro atoms. The lowest BCUT2D eigenvalue weighted by Crippen LogP contribution is -2.58. The number of hydrogen-bond donors (Lipinski definition) is 2. The SMILES string of the molecule is CC(N)C(C)(C)NC(=O)C1CCCCS1(=O)=O. The van der Waals surface area contributed by atoms with E-state index >= 15 is 0 Å². The van der Waals surface area contributed by atoms with E-state index in [1.54, 1.807) is 20.8 Å². The van der Waals surface area contributed by atoms with Crippen LogP contribution in [-0.4, -0.2) is 36.9 Å². The Bertz CT molecular complexity index is 388. The Hall–Kier alpha value is -0.620. The lowest BCUT2D eigenvalue weighted by Gasteiger charge is -2.32.